The van der Waals surface area contributed by atoms with Gasteiger partial charge in [-0.15, -0.1) is 0 Å². The molecule has 0 spiro atoms. The number of rotatable bonds is 4. The molecule has 0 amide bonds. The van der Waals surface area contributed by atoms with Gasteiger partial charge < -0.3 is 5.32 Å². The van der Waals surface area contributed by atoms with E-state index in [0.29, 0.717) is 5.41 Å². The lowest BCUT2D eigenvalue weighted by Crippen LogP contribution is -2.53. The first kappa shape index (κ1) is 9.20. The quantitative estimate of drug-likeness (QED) is 0.683. The predicted octanol–water partition coefficient (Wildman–Crippen LogP) is 0.755. The molecule has 1 saturated heterocycles. The average molecular weight is 175 g/mol. The van der Waals surface area contributed by atoms with Crippen molar-refractivity contribution < 1.29 is 4.21 Å². The van der Waals surface area contributed by atoms with E-state index in [1.165, 1.54) is 6.42 Å². The van der Waals surface area contributed by atoms with Crippen LogP contribution in [0.2, 0.25) is 0 Å². The summed E-state index contributed by atoms with van der Waals surface area (Å²) in [5.41, 5.74) is 0.492. The fraction of sp³-hybridized carbons (Fsp3) is 1.00. The van der Waals surface area contributed by atoms with E-state index < -0.39 is 10.8 Å². The van der Waals surface area contributed by atoms with Crippen LogP contribution in [-0.2, 0) is 10.8 Å². The lowest BCUT2D eigenvalue weighted by atomic mass is 9.77. The third kappa shape index (κ3) is 2.27. The van der Waals surface area contributed by atoms with Crippen molar-refractivity contribution in [1.82, 2.24) is 5.32 Å². The van der Waals surface area contributed by atoms with Crippen molar-refractivity contribution in [1.29, 1.82) is 0 Å². The molecule has 1 rings (SSSR count). The van der Waals surface area contributed by atoms with E-state index in [0.717, 1.165) is 25.3 Å². The molecule has 66 valence electrons. The maximum Gasteiger partial charge on any atom is 0.0238 e. The Morgan fingerprint density at radius 1 is 1.55 bits per heavy atom. The first-order valence-corrected chi connectivity index (χ1v) is 5.92. The van der Waals surface area contributed by atoms with Crippen LogP contribution in [0.5, 0.6) is 0 Å². The molecule has 1 unspecified atom stereocenters. The number of nitrogens with one attached hydrogen (secondary N) is 1. The van der Waals surface area contributed by atoms with Gasteiger partial charge in [-0.25, -0.2) is 0 Å². The summed E-state index contributed by atoms with van der Waals surface area (Å²) >= 11 is 0. The summed E-state index contributed by atoms with van der Waals surface area (Å²) in [6, 6.07) is 0. The molecular weight excluding hydrogens is 158 g/mol. The topological polar surface area (TPSA) is 29.1 Å². The second-order valence-corrected chi connectivity index (χ2v) is 5.04. The minimum absolute atomic E-state index is 0.492. The van der Waals surface area contributed by atoms with Gasteiger partial charge in [0.05, 0.1) is 0 Å². The maximum absolute atomic E-state index is 10.8. The molecule has 1 N–H and O–H groups in total. The fourth-order valence-electron chi connectivity index (χ4n) is 1.44. The van der Waals surface area contributed by atoms with Crippen molar-refractivity contribution in [3.63, 3.8) is 0 Å². The Hall–Kier alpha value is 0.110. The van der Waals surface area contributed by atoms with E-state index >= 15 is 0 Å². The zero-order valence-corrected chi connectivity index (χ0v) is 8.17. The van der Waals surface area contributed by atoms with Crippen LogP contribution in [0.1, 0.15) is 19.8 Å². The number of hydrogen-bond donors (Lipinski definition) is 1. The fourth-order valence-corrected chi connectivity index (χ4v) is 2.16. The highest BCUT2D eigenvalue weighted by Gasteiger charge is 2.34. The first-order valence-electron chi connectivity index (χ1n) is 4.19. The van der Waals surface area contributed by atoms with Crippen molar-refractivity contribution >= 4 is 10.8 Å². The lowest BCUT2D eigenvalue weighted by molar-refractivity contribution is 0.155. The van der Waals surface area contributed by atoms with Crippen molar-refractivity contribution in [2.24, 2.45) is 5.41 Å². The second kappa shape index (κ2) is 3.68. The monoisotopic (exact) mass is 175 g/mol. The Kier molecular flexibility index (Phi) is 3.07. The van der Waals surface area contributed by atoms with Gasteiger partial charge in [-0.2, -0.15) is 0 Å². The van der Waals surface area contributed by atoms with Crippen LogP contribution in [0.4, 0.5) is 0 Å². The largest absolute Gasteiger partial charge is 0.316 e. The van der Waals surface area contributed by atoms with Gasteiger partial charge in [0, 0.05) is 35.9 Å². The Morgan fingerprint density at radius 2 is 2.18 bits per heavy atom. The van der Waals surface area contributed by atoms with Gasteiger partial charge in [-0.3, -0.25) is 4.21 Å². The normalized spacial score (nSPS) is 24.2. The Labute approximate surface area is 71.2 Å². The molecule has 1 atom stereocenters. The van der Waals surface area contributed by atoms with Gasteiger partial charge >= 0.3 is 0 Å². The summed E-state index contributed by atoms with van der Waals surface area (Å²) in [6.45, 7) is 4.47. The summed E-state index contributed by atoms with van der Waals surface area (Å²) in [6.07, 6.45) is 4.13. The van der Waals surface area contributed by atoms with Gasteiger partial charge in [0.1, 0.15) is 0 Å². The molecule has 0 aromatic heterocycles. The maximum atomic E-state index is 10.8. The van der Waals surface area contributed by atoms with Crippen molar-refractivity contribution in [2.45, 2.75) is 19.8 Å². The van der Waals surface area contributed by atoms with E-state index in [9.17, 15) is 4.21 Å². The van der Waals surface area contributed by atoms with Crippen LogP contribution in [0.15, 0.2) is 0 Å². The molecule has 0 radical (unpaired) electrons. The van der Waals surface area contributed by atoms with Crippen molar-refractivity contribution in [3.8, 4) is 0 Å². The van der Waals surface area contributed by atoms with E-state index in [2.05, 4.69) is 12.2 Å². The van der Waals surface area contributed by atoms with Crippen LogP contribution in [0.25, 0.3) is 0 Å². The highest BCUT2D eigenvalue weighted by atomic mass is 32.2. The average Bonchev–Trinajstić information content (AvgIpc) is 1.86. The van der Waals surface area contributed by atoms with Gasteiger partial charge in [-0.1, -0.05) is 6.92 Å². The van der Waals surface area contributed by atoms with Gasteiger partial charge in [0.25, 0.3) is 0 Å². The standard InChI is InChI=1S/C8H17NOS/c1-3-8(6-9-7-8)4-5-11(2)10/h9H,3-7H2,1-2H3. The highest BCUT2D eigenvalue weighted by Crippen LogP contribution is 2.30. The second-order valence-electron chi connectivity index (χ2n) is 3.48. The van der Waals surface area contributed by atoms with Crippen LogP contribution < -0.4 is 5.32 Å². The van der Waals surface area contributed by atoms with Gasteiger partial charge in [0.15, 0.2) is 0 Å². The molecule has 0 aliphatic carbocycles. The summed E-state index contributed by atoms with van der Waals surface area (Å²) in [5, 5.41) is 3.28. The Balaban J connectivity index is 2.27. The van der Waals surface area contributed by atoms with Crippen molar-refractivity contribution in [3.05, 3.63) is 0 Å². The molecule has 0 bridgehead atoms. The minimum Gasteiger partial charge on any atom is -0.316 e. The van der Waals surface area contributed by atoms with Crippen LogP contribution in [-0.4, -0.2) is 29.3 Å². The molecule has 0 aromatic rings. The Bertz CT molecular complexity index is 149. The molecule has 0 saturated carbocycles. The zero-order valence-electron chi connectivity index (χ0n) is 7.35. The summed E-state index contributed by atoms with van der Waals surface area (Å²) in [5.74, 6) is 0.871. The third-order valence-electron chi connectivity index (χ3n) is 2.67. The molecule has 1 fully saturated rings. The highest BCUT2D eigenvalue weighted by molar-refractivity contribution is 7.84. The molecule has 11 heavy (non-hydrogen) atoms. The predicted molar refractivity (Wildman–Crippen MR) is 49.1 cm³/mol. The molecule has 3 heteroatoms. The molecule has 1 aliphatic rings. The lowest BCUT2D eigenvalue weighted by Gasteiger charge is -2.42. The SMILES string of the molecule is CCC1(CCS(C)=O)CNC1. The van der Waals surface area contributed by atoms with Crippen LogP contribution >= 0.6 is 0 Å². The molecule has 1 heterocycles. The zero-order chi connectivity index (χ0) is 8.32. The Morgan fingerprint density at radius 3 is 2.45 bits per heavy atom. The number of hydrogen-bond acceptors (Lipinski definition) is 2. The molecule has 0 aromatic carbocycles. The van der Waals surface area contributed by atoms with Crippen LogP contribution in [0, 0.1) is 5.41 Å². The molecule has 1 aliphatic heterocycles. The van der Waals surface area contributed by atoms with Crippen LogP contribution in [0.3, 0.4) is 0 Å². The first-order chi connectivity index (χ1) is 5.18. The summed E-state index contributed by atoms with van der Waals surface area (Å²) in [7, 11) is -0.609. The van der Waals surface area contributed by atoms with E-state index in [1.807, 2.05) is 0 Å². The van der Waals surface area contributed by atoms with E-state index in [-0.39, 0.29) is 0 Å². The summed E-state index contributed by atoms with van der Waals surface area (Å²) < 4.78 is 10.8. The minimum atomic E-state index is -0.609. The van der Waals surface area contributed by atoms with E-state index in [4.69, 9.17) is 0 Å². The van der Waals surface area contributed by atoms with Gasteiger partial charge in [0.2, 0.25) is 0 Å². The third-order valence-corrected chi connectivity index (χ3v) is 3.45. The summed E-state index contributed by atoms with van der Waals surface area (Å²) in [4.78, 5) is 0. The van der Waals surface area contributed by atoms with E-state index in [1.54, 1.807) is 6.26 Å². The smallest absolute Gasteiger partial charge is 0.0238 e. The van der Waals surface area contributed by atoms with Gasteiger partial charge in [-0.05, 0) is 18.3 Å². The molecular formula is C8H17NOS. The molecule has 2 nitrogen and oxygen atoms in total. The van der Waals surface area contributed by atoms with Crippen molar-refractivity contribution in [2.75, 3.05) is 25.1 Å².